The average Bonchev–Trinajstić information content (AvgIpc) is 2.15. The van der Waals surface area contributed by atoms with Crippen molar-refractivity contribution < 1.29 is 0 Å². The summed E-state index contributed by atoms with van der Waals surface area (Å²) in [6.07, 6.45) is 2.52. The molecule has 0 aliphatic rings. The molecule has 98 valence electrons. The van der Waals surface area contributed by atoms with Crippen LogP contribution in [0.3, 0.4) is 0 Å². The maximum Gasteiger partial charge on any atom is 0.00448 e. The Hall–Kier alpha value is -0.0800. The molecule has 0 aromatic rings. The van der Waals surface area contributed by atoms with Gasteiger partial charge in [-0.15, -0.1) is 0 Å². The van der Waals surface area contributed by atoms with E-state index in [0.29, 0.717) is 11.5 Å². The van der Waals surface area contributed by atoms with Gasteiger partial charge in [-0.2, -0.15) is 0 Å². The molecule has 2 heteroatoms. The van der Waals surface area contributed by atoms with Crippen molar-refractivity contribution in [2.45, 2.75) is 60.4 Å². The molecule has 16 heavy (non-hydrogen) atoms. The molecule has 0 heterocycles. The third-order valence-electron chi connectivity index (χ3n) is 2.72. The summed E-state index contributed by atoms with van der Waals surface area (Å²) in [6, 6.07) is 0.588. The van der Waals surface area contributed by atoms with E-state index in [1.165, 1.54) is 32.5 Å². The van der Waals surface area contributed by atoms with Crippen molar-refractivity contribution in [3.8, 4) is 0 Å². The zero-order valence-electron chi connectivity index (χ0n) is 12.3. The normalized spacial score (nSPS) is 12.8. The number of rotatable bonds is 9. The Morgan fingerprint density at radius 3 is 1.94 bits per heavy atom. The second-order valence-electron chi connectivity index (χ2n) is 5.98. The molecule has 0 fully saturated rings. The Kier molecular flexibility index (Phi) is 8.04. The molecule has 0 unspecified atom stereocenters. The standard InChI is InChI=1S/C14H32N2/c1-7-9-16(10-8-2)12-14(5,6)11-15-13(3)4/h13,15H,7-12H2,1-6H3. The van der Waals surface area contributed by atoms with E-state index in [1.54, 1.807) is 0 Å². The molecule has 0 saturated heterocycles. The number of nitrogens with one attached hydrogen (secondary N) is 1. The molecule has 0 atom stereocenters. The van der Waals surface area contributed by atoms with Crippen molar-refractivity contribution in [3.05, 3.63) is 0 Å². The molecule has 0 saturated carbocycles. The Morgan fingerprint density at radius 1 is 1.06 bits per heavy atom. The maximum absolute atomic E-state index is 3.55. The van der Waals surface area contributed by atoms with Gasteiger partial charge in [-0.1, -0.05) is 41.5 Å². The zero-order chi connectivity index (χ0) is 12.6. The zero-order valence-corrected chi connectivity index (χ0v) is 12.3. The van der Waals surface area contributed by atoms with Crippen LogP contribution in [0.25, 0.3) is 0 Å². The molecule has 0 aliphatic carbocycles. The summed E-state index contributed by atoms with van der Waals surface area (Å²) in [6.45, 7) is 18.5. The molecule has 0 aliphatic heterocycles. The van der Waals surface area contributed by atoms with Gasteiger partial charge < -0.3 is 10.2 Å². The molecule has 0 rings (SSSR count). The van der Waals surface area contributed by atoms with Gasteiger partial charge in [0.05, 0.1) is 0 Å². The molecule has 0 aromatic carbocycles. The summed E-state index contributed by atoms with van der Waals surface area (Å²) in [5.74, 6) is 0. The topological polar surface area (TPSA) is 15.3 Å². The SMILES string of the molecule is CCCN(CCC)CC(C)(C)CNC(C)C. The third-order valence-corrected chi connectivity index (χ3v) is 2.72. The van der Waals surface area contributed by atoms with Crippen molar-refractivity contribution in [3.63, 3.8) is 0 Å². The number of nitrogens with zero attached hydrogens (tertiary/aromatic N) is 1. The average molecular weight is 228 g/mol. The van der Waals surface area contributed by atoms with Gasteiger partial charge in [0.2, 0.25) is 0 Å². The minimum absolute atomic E-state index is 0.370. The lowest BCUT2D eigenvalue weighted by atomic mass is 9.92. The Balaban J connectivity index is 4.06. The van der Waals surface area contributed by atoms with Crippen LogP contribution in [0.2, 0.25) is 0 Å². The highest BCUT2D eigenvalue weighted by molar-refractivity contribution is 4.77. The summed E-state index contributed by atoms with van der Waals surface area (Å²) in [5.41, 5.74) is 0.370. The Labute approximate surface area is 103 Å². The molecule has 0 spiro atoms. The largest absolute Gasteiger partial charge is 0.314 e. The van der Waals surface area contributed by atoms with E-state index in [9.17, 15) is 0 Å². The van der Waals surface area contributed by atoms with E-state index in [4.69, 9.17) is 0 Å². The predicted molar refractivity (Wildman–Crippen MR) is 73.9 cm³/mol. The summed E-state index contributed by atoms with van der Waals surface area (Å²) in [5, 5.41) is 3.55. The fraction of sp³-hybridized carbons (Fsp3) is 1.00. The van der Waals surface area contributed by atoms with Gasteiger partial charge in [-0.25, -0.2) is 0 Å². The van der Waals surface area contributed by atoms with E-state index >= 15 is 0 Å². The lowest BCUT2D eigenvalue weighted by Crippen LogP contribution is -2.42. The van der Waals surface area contributed by atoms with Crippen LogP contribution in [0, 0.1) is 5.41 Å². The predicted octanol–water partition coefficient (Wildman–Crippen LogP) is 3.13. The van der Waals surface area contributed by atoms with Crippen molar-refractivity contribution >= 4 is 0 Å². The van der Waals surface area contributed by atoms with E-state index in [1.807, 2.05) is 0 Å². The quantitative estimate of drug-likeness (QED) is 0.652. The van der Waals surface area contributed by atoms with Gasteiger partial charge in [0.1, 0.15) is 0 Å². The van der Waals surface area contributed by atoms with E-state index in [-0.39, 0.29) is 0 Å². The Morgan fingerprint density at radius 2 is 1.56 bits per heavy atom. The van der Waals surface area contributed by atoms with Crippen LogP contribution < -0.4 is 5.32 Å². The smallest absolute Gasteiger partial charge is 0.00448 e. The summed E-state index contributed by atoms with van der Waals surface area (Å²) in [4.78, 5) is 2.60. The first-order valence-corrected chi connectivity index (χ1v) is 6.87. The molecule has 0 radical (unpaired) electrons. The third kappa shape index (κ3) is 8.12. The Bertz CT molecular complexity index is 158. The van der Waals surface area contributed by atoms with Crippen LogP contribution in [0.4, 0.5) is 0 Å². The fourth-order valence-corrected chi connectivity index (χ4v) is 2.04. The highest BCUT2D eigenvalue weighted by Gasteiger charge is 2.21. The van der Waals surface area contributed by atoms with Crippen LogP contribution >= 0.6 is 0 Å². The van der Waals surface area contributed by atoms with Crippen LogP contribution in [-0.2, 0) is 0 Å². The summed E-state index contributed by atoms with van der Waals surface area (Å²) >= 11 is 0. The van der Waals surface area contributed by atoms with Gasteiger partial charge in [0, 0.05) is 19.1 Å². The van der Waals surface area contributed by atoms with Gasteiger partial charge in [0.25, 0.3) is 0 Å². The van der Waals surface area contributed by atoms with Gasteiger partial charge >= 0.3 is 0 Å². The van der Waals surface area contributed by atoms with E-state index in [0.717, 1.165) is 6.54 Å². The summed E-state index contributed by atoms with van der Waals surface area (Å²) in [7, 11) is 0. The van der Waals surface area contributed by atoms with Crippen LogP contribution in [0.1, 0.15) is 54.4 Å². The second kappa shape index (κ2) is 8.08. The minimum Gasteiger partial charge on any atom is -0.314 e. The highest BCUT2D eigenvalue weighted by Crippen LogP contribution is 2.16. The first kappa shape index (κ1) is 15.9. The molecular weight excluding hydrogens is 196 g/mol. The van der Waals surface area contributed by atoms with E-state index < -0.39 is 0 Å². The van der Waals surface area contributed by atoms with Gasteiger partial charge in [-0.3, -0.25) is 0 Å². The number of hydrogen-bond donors (Lipinski definition) is 1. The molecule has 1 N–H and O–H groups in total. The highest BCUT2D eigenvalue weighted by atomic mass is 15.1. The lowest BCUT2D eigenvalue weighted by molar-refractivity contribution is 0.172. The molecule has 0 bridgehead atoms. The van der Waals surface area contributed by atoms with Crippen molar-refractivity contribution in [1.29, 1.82) is 0 Å². The summed E-state index contributed by atoms with van der Waals surface area (Å²) < 4.78 is 0. The fourth-order valence-electron chi connectivity index (χ4n) is 2.04. The van der Waals surface area contributed by atoms with Crippen LogP contribution in [0.15, 0.2) is 0 Å². The lowest BCUT2D eigenvalue weighted by Gasteiger charge is -2.33. The van der Waals surface area contributed by atoms with Crippen molar-refractivity contribution in [1.82, 2.24) is 10.2 Å². The van der Waals surface area contributed by atoms with Crippen LogP contribution in [0.5, 0.6) is 0 Å². The monoisotopic (exact) mass is 228 g/mol. The van der Waals surface area contributed by atoms with Crippen molar-refractivity contribution in [2.24, 2.45) is 5.41 Å². The first-order valence-electron chi connectivity index (χ1n) is 6.87. The molecule has 0 amide bonds. The molecule has 0 aromatic heterocycles. The molecule has 2 nitrogen and oxygen atoms in total. The maximum atomic E-state index is 3.55. The minimum atomic E-state index is 0.370. The molecular formula is C14H32N2. The van der Waals surface area contributed by atoms with Gasteiger partial charge in [0.15, 0.2) is 0 Å². The van der Waals surface area contributed by atoms with Gasteiger partial charge in [-0.05, 0) is 31.3 Å². The first-order chi connectivity index (χ1) is 7.41. The number of hydrogen-bond acceptors (Lipinski definition) is 2. The van der Waals surface area contributed by atoms with E-state index in [2.05, 4.69) is 51.8 Å². The second-order valence-corrected chi connectivity index (χ2v) is 5.98. The van der Waals surface area contributed by atoms with Crippen LogP contribution in [-0.4, -0.2) is 37.1 Å². The van der Waals surface area contributed by atoms with Crippen molar-refractivity contribution in [2.75, 3.05) is 26.2 Å².